The molecule has 1 saturated heterocycles. The second kappa shape index (κ2) is 12.4. The van der Waals surface area contributed by atoms with Crippen LogP contribution < -0.4 is 0 Å². The highest BCUT2D eigenvalue weighted by atomic mass is 35.5. The van der Waals surface area contributed by atoms with Gasteiger partial charge in [0.25, 0.3) is 0 Å². The van der Waals surface area contributed by atoms with E-state index in [1.54, 1.807) is 0 Å². The van der Waals surface area contributed by atoms with Gasteiger partial charge in [-0.3, -0.25) is 4.98 Å². The number of unbranched alkanes of at least 4 members (excludes halogenated alkanes) is 1. The smallest absolute Gasteiger partial charge is 0.0790 e. The molecule has 37 heavy (non-hydrogen) atoms. The van der Waals surface area contributed by atoms with E-state index in [-0.39, 0.29) is 6.10 Å². The number of aryl methyl sites for hydroxylation is 3. The number of piperidine rings is 1. The zero-order valence-corrected chi connectivity index (χ0v) is 22.8. The number of aliphatic hydroxyl groups excluding tert-OH is 1. The summed E-state index contributed by atoms with van der Waals surface area (Å²) in [6.45, 7) is 5.38. The highest BCUT2D eigenvalue weighted by Gasteiger charge is 2.25. The van der Waals surface area contributed by atoms with Crippen LogP contribution in [-0.4, -0.2) is 34.6 Å². The van der Waals surface area contributed by atoms with Crippen molar-refractivity contribution in [2.24, 2.45) is 0 Å². The summed E-state index contributed by atoms with van der Waals surface area (Å²) in [5, 5.41) is 11.5. The van der Waals surface area contributed by atoms with E-state index in [1.807, 2.05) is 12.3 Å². The van der Waals surface area contributed by atoms with Crippen LogP contribution >= 0.6 is 11.6 Å². The van der Waals surface area contributed by atoms with Gasteiger partial charge in [0.2, 0.25) is 0 Å². The lowest BCUT2D eigenvalue weighted by Gasteiger charge is -2.30. The Labute approximate surface area is 227 Å². The van der Waals surface area contributed by atoms with Gasteiger partial charge >= 0.3 is 0 Å². The van der Waals surface area contributed by atoms with E-state index < -0.39 is 0 Å². The maximum atomic E-state index is 10.7. The van der Waals surface area contributed by atoms with Crippen LogP contribution in [0.25, 0.3) is 5.57 Å². The molecule has 0 saturated carbocycles. The van der Waals surface area contributed by atoms with Crippen molar-refractivity contribution < 1.29 is 5.11 Å². The first-order valence-corrected chi connectivity index (χ1v) is 14.4. The minimum Gasteiger partial charge on any atom is -0.388 e. The van der Waals surface area contributed by atoms with E-state index in [9.17, 15) is 5.11 Å². The molecule has 2 aliphatic rings. The summed E-state index contributed by atoms with van der Waals surface area (Å²) in [4.78, 5) is 7.42. The summed E-state index contributed by atoms with van der Waals surface area (Å²) < 4.78 is 0. The van der Waals surface area contributed by atoms with Crippen molar-refractivity contribution in [1.82, 2.24) is 9.88 Å². The number of benzene rings is 2. The summed E-state index contributed by atoms with van der Waals surface area (Å²) in [6, 6.07) is 19.2. The molecule has 1 fully saturated rings. The van der Waals surface area contributed by atoms with Gasteiger partial charge in [0.1, 0.15) is 0 Å². The summed E-state index contributed by atoms with van der Waals surface area (Å²) in [5.41, 5.74) is 10.4. The van der Waals surface area contributed by atoms with Crippen LogP contribution in [0.5, 0.6) is 0 Å². The van der Waals surface area contributed by atoms with Crippen molar-refractivity contribution in [2.45, 2.75) is 70.8 Å². The van der Waals surface area contributed by atoms with Crippen molar-refractivity contribution in [3.05, 3.63) is 105 Å². The normalized spacial score (nSPS) is 16.7. The topological polar surface area (TPSA) is 36.4 Å². The van der Waals surface area contributed by atoms with Gasteiger partial charge in [0.15, 0.2) is 0 Å². The first-order chi connectivity index (χ1) is 18.1. The fourth-order valence-electron chi connectivity index (χ4n) is 5.89. The molecule has 194 valence electrons. The molecule has 3 aromatic rings. The third-order valence-electron chi connectivity index (χ3n) is 8.08. The van der Waals surface area contributed by atoms with E-state index in [2.05, 4.69) is 60.4 Å². The van der Waals surface area contributed by atoms with E-state index in [0.717, 1.165) is 80.9 Å². The first kappa shape index (κ1) is 26.2. The minimum atomic E-state index is -0.375. The van der Waals surface area contributed by atoms with Crippen molar-refractivity contribution in [2.75, 3.05) is 19.6 Å². The number of likely N-dealkylation sites (tertiary alicyclic amines) is 1. The van der Waals surface area contributed by atoms with Gasteiger partial charge in [-0.15, -0.1) is 0 Å². The fraction of sp³-hybridized carbons (Fsp3) is 0.424. The second-order valence-electron chi connectivity index (χ2n) is 10.6. The Kier molecular flexibility index (Phi) is 8.76. The zero-order chi connectivity index (χ0) is 25.6. The Morgan fingerprint density at radius 1 is 0.946 bits per heavy atom. The summed E-state index contributed by atoms with van der Waals surface area (Å²) in [5.74, 6) is 0. The fourth-order valence-corrected chi connectivity index (χ4v) is 6.09. The summed E-state index contributed by atoms with van der Waals surface area (Å²) in [7, 11) is 0. The molecule has 5 rings (SSSR count). The molecule has 0 spiro atoms. The molecule has 1 aliphatic heterocycles. The molecule has 3 nitrogen and oxygen atoms in total. The van der Waals surface area contributed by atoms with Crippen LogP contribution in [0.1, 0.15) is 85.1 Å². The molecular weight excluding hydrogens is 476 g/mol. The van der Waals surface area contributed by atoms with Gasteiger partial charge in [-0.25, -0.2) is 0 Å². The molecule has 1 N–H and O–H groups in total. The van der Waals surface area contributed by atoms with Gasteiger partial charge in [0, 0.05) is 29.9 Å². The first-order valence-electron chi connectivity index (χ1n) is 14.1. The number of nitrogens with zero attached hydrogens (tertiary/aromatic N) is 2. The lowest BCUT2D eigenvalue weighted by Crippen LogP contribution is -2.32. The predicted octanol–water partition coefficient (Wildman–Crippen LogP) is 7.59. The zero-order valence-electron chi connectivity index (χ0n) is 22.1. The monoisotopic (exact) mass is 514 g/mol. The van der Waals surface area contributed by atoms with Crippen LogP contribution in [0.15, 0.2) is 66.4 Å². The van der Waals surface area contributed by atoms with E-state index >= 15 is 0 Å². The molecule has 2 heterocycles. The van der Waals surface area contributed by atoms with Crippen molar-refractivity contribution >= 4 is 17.2 Å². The number of hydrogen-bond donors (Lipinski definition) is 1. The molecule has 2 aromatic carbocycles. The van der Waals surface area contributed by atoms with Gasteiger partial charge in [-0.2, -0.15) is 0 Å². The average Bonchev–Trinajstić information content (AvgIpc) is 3.09. The molecule has 0 amide bonds. The number of aromatic nitrogens is 1. The Balaban J connectivity index is 1.21. The van der Waals surface area contributed by atoms with Crippen LogP contribution in [0.2, 0.25) is 5.02 Å². The lowest BCUT2D eigenvalue weighted by molar-refractivity contribution is 0.153. The number of fused-ring (bicyclic) bond motifs is 2. The number of halogens is 1. The molecule has 0 radical (unpaired) electrons. The maximum Gasteiger partial charge on any atom is 0.0790 e. The third kappa shape index (κ3) is 6.34. The second-order valence-corrected chi connectivity index (χ2v) is 11.1. The van der Waals surface area contributed by atoms with Crippen LogP contribution in [0.4, 0.5) is 0 Å². The van der Waals surface area contributed by atoms with E-state index in [1.165, 1.54) is 46.2 Å². The SMILES string of the molecule is CCCCc1ccc(C(O)CCCN2CCC(=C3c4ccc(Cl)cc4CCc4cccnc43)CC2)cc1. The van der Waals surface area contributed by atoms with Crippen molar-refractivity contribution in [1.29, 1.82) is 0 Å². The molecule has 0 bridgehead atoms. The predicted molar refractivity (Wildman–Crippen MR) is 154 cm³/mol. The van der Waals surface area contributed by atoms with Crippen LogP contribution in [-0.2, 0) is 19.3 Å². The number of hydrogen-bond acceptors (Lipinski definition) is 3. The largest absolute Gasteiger partial charge is 0.388 e. The third-order valence-corrected chi connectivity index (χ3v) is 8.31. The summed E-state index contributed by atoms with van der Waals surface area (Å²) >= 11 is 6.37. The van der Waals surface area contributed by atoms with Gasteiger partial charge in [-0.1, -0.05) is 66.9 Å². The molecule has 1 aliphatic carbocycles. The Bertz CT molecular complexity index is 1220. The van der Waals surface area contributed by atoms with Gasteiger partial charge in [0.05, 0.1) is 11.8 Å². The number of aliphatic hydroxyl groups is 1. The highest BCUT2D eigenvalue weighted by Crippen LogP contribution is 2.38. The van der Waals surface area contributed by atoms with Crippen molar-refractivity contribution in [3.63, 3.8) is 0 Å². The Hall–Kier alpha value is -2.46. The van der Waals surface area contributed by atoms with Gasteiger partial charge < -0.3 is 10.0 Å². The molecule has 4 heteroatoms. The molecule has 1 aromatic heterocycles. The van der Waals surface area contributed by atoms with Gasteiger partial charge in [-0.05, 0) is 104 Å². The maximum absolute atomic E-state index is 10.7. The van der Waals surface area contributed by atoms with E-state index in [0.29, 0.717) is 0 Å². The Morgan fingerprint density at radius 2 is 1.73 bits per heavy atom. The lowest BCUT2D eigenvalue weighted by atomic mass is 9.88. The number of pyridine rings is 1. The minimum absolute atomic E-state index is 0.375. The standard InChI is InChI=1S/C33H39ClN2O/c1-2-3-6-24-9-11-25(12-10-24)31(37)8-5-20-36-21-17-26(18-22-36)32-30-16-15-29(34)23-28(30)14-13-27-7-4-19-35-33(27)32/h4,7,9-12,15-16,19,23,31,37H,2-3,5-6,8,13-14,17-18,20-22H2,1H3. The summed E-state index contributed by atoms with van der Waals surface area (Å²) in [6.07, 6.45) is 11.1. The Morgan fingerprint density at radius 3 is 2.51 bits per heavy atom. The molecule has 1 atom stereocenters. The molecule has 1 unspecified atom stereocenters. The average molecular weight is 515 g/mol. The van der Waals surface area contributed by atoms with Crippen LogP contribution in [0, 0.1) is 0 Å². The quantitative estimate of drug-likeness (QED) is 0.336. The number of rotatable bonds is 8. The van der Waals surface area contributed by atoms with Crippen molar-refractivity contribution in [3.8, 4) is 0 Å². The van der Waals surface area contributed by atoms with Crippen LogP contribution in [0.3, 0.4) is 0 Å². The molecular formula is C33H39ClN2O. The highest BCUT2D eigenvalue weighted by molar-refractivity contribution is 6.30. The van der Waals surface area contributed by atoms with E-state index in [4.69, 9.17) is 16.6 Å².